The predicted octanol–water partition coefficient (Wildman–Crippen LogP) is 1.53. The molecule has 1 saturated carbocycles. The van der Waals surface area contributed by atoms with Crippen LogP contribution in [0.1, 0.15) is 35.2 Å². The molecule has 6 nitrogen and oxygen atoms in total. The van der Waals surface area contributed by atoms with E-state index in [0.717, 1.165) is 62.2 Å². The lowest BCUT2D eigenvalue weighted by atomic mass is 10.0. The molecular weight excluding hydrogens is 316 g/mol. The summed E-state index contributed by atoms with van der Waals surface area (Å²) in [6.07, 6.45) is 4.05. The molecule has 2 fully saturated rings. The Morgan fingerprint density at radius 2 is 2.08 bits per heavy atom. The maximum Gasteiger partial charge on any atom is 0.253 e. The second kappa shape index (κ2) is 7.44. The highest BCUT2D eigenvalue weighted by molar-refractivity contribution is 6.04. The van der Waals surface area contributed by atoms with Gasteiger partial charge in [-0.05, 0) is 63.4 Å². The van der Waals surface area contributed by atoms with Crippen LogP contribution in [0.15, 0.2) is 12.1 Å². The number of nitrogens with one attached hydrogen (secondary N) is 2. The van der Waals surface area contributed by atoms with Crippen molar-refractivity contribution in [3.05, 3.63) is 23.3 Å². The Morgan fingerprint density at radius 1 is 1.32 bits per heavy atom. The van der Waals surface area contributed by atoms with Crippen LogP contribution in [0.25, 0.3) is 0 Å². The minimum atomic E-state index is -0.147. The van der Waals surface area contributed by atoms with E-state index >= 15 is 0 Å². The van der Waals surface area contributed by atoms with Crippen molar-refractivity contribution in [2.45, 2.75) is 32.2 Å². The standard InChI is InChI=1S/C19H28N4O2/c1-13-17(22-9-8-14(11-22)10-20-2)7-6-16(19(25)21-3)18(13)23(12-24)15-4-5-15/h6-7,12,14-15,20H,4-5,8-11H2,1-3H3,(H,21,25). The molecule has 0 radical (unpaired) electrons. The molecule has 6 heteroatoms. The summed E-state index contributed by atoms with van der Waals surface area (Å²) in [4.78, 5) is 28.2. The molecule has 1 aliphatic carbocycles. The number of amides is 2. The Bertz CT molecular complexity index is 657. The molecule has 1 saturated heterocycles. The minimum absolute atomic E-state index is 0.147. The molecule has 2 aliphatic rings. The van der Waals surface area contributed by atoms with Crippen LogP contribution in [0.2, 0.25) is 0 Å². The van der Waals surface area contributed by atoms with E-state index in [1.54, 1.807) is 11.9 Å². The minimum Gasteiger partial charge on any atom is -0.371 e. The summed E-state index contributed by atoms with van der Waals surface area (Å²) in [5, 5.41) is 5.95. The molecule has 136 valence electrons. The van der Waals surface area contributed by atoms with Gasteiger partial charge in [0.2, 0.25) is 6.41 Å². The van der Waals surface area contributed by atoms with Gasteiger partial charge in [-0.25, -0.2) is 0 Å². The Morgan fingerprint density at radius 3 is 2.68 bits per heavy atom. The molecule has 2 N–H and O–H groups in total. The summed E-state index contributed by atoms with van der Waals surface area (Å²) in [6, 6.07) is 4.12. The number of anilines is 2. The fourth-order valence-electron chi connectivity index (χ4n) is 3.86. The normalized spacial score (nSPS) is 19.8. The average molecular weight is 344 g/mol. The highest BCUT2D eigenvalue weighted by Gasteiger charge is 2.34. The van der Waals surface area contributed by atoms with E-state index in [4.69, 9.17) is 0 Å². The molecule has 1 heterocycles. The zero-order chi connectivity index (χ0) is 18.0. The summed E-state index contributed by atoms with van der Waals surface area (Å²) in [6.45, 7) is 5.06. The number of nitrogens with zero attached hydrogens (tertiary/aromatic N) is 2. The van der Waals surface area contributed by atoms with Crippen LogP contribution in [0, 0.1) is 12.8 Å². The summed E-state index contributed by atoms with van der Waals surface area (Å²) >= 11 is 0. The van der Waals surface area contributed by atoms with Crippen molar-refractivity contribution in [1.29, 1.82) is 0 Å². The van der Waals surface area contributed by atoms with Gasteiger partial charge in [0.25, 0.3) is 5.91 Å². The van der Waals surface area contributed by atoms with E-state index in [2.05, 4.69) is 15.5 Å². The lowest BCUT2D eigenvalue weighted by Crippen LogP contribution is -2.30. The van der Waals surface area contributed by atoms with Crippen LogP contribution in [-0.4, -0.2) is 52.1 Å². The SMILES string of the molecule is CNCC1CCN(c2ccc(C(=O)NC)c(N(C=O)C3CC3)c2C)C1. The molecule has 0 bridgehead atoms. The molecule has 1 unspecified atom stereocenters. The molecule has 3 rings (SSSR count). The van der Waals surface area contributed by atoms with E-state index in [-0.39, 0.29) is 11.9 Å². The molecule has 2 amide bonds. The predicted molar refractivity (Wildman–Crippen MR) is 100 cm³/mol. The number of carbonyl (C=O) groups excluding carboxylic acids is 2. The van der Waals surface area contributed by atoms with Crippen molar-refractivity contribution in [2.75, 3.05) is 43.5 Å². The first-order chi connectivity index (χ1) is 12.1. The van der Waals surface area contributed by atoms with Gasteiger partial charge in [0.15, 0.2) is 0 Å². The fraction of sp³-hybridized carbons (Fsp3) is 0.579. The Labute approximate surface area is 149 Å². The summed E-state index contributed by atoms with van der Waals surface area (Å²) in [7, 11) is 3.61. The van der Waals surface area contributed by atoms with Gasteiger partial charge in [-0.15, -0.1) is 0 Å². The van der Waals surface area contributed by atoms with Crippen molar-refractivity contribution in [3.8, 4) is 0 Å². The number of hydrogen-bond donors (Lipinski definition) is 2. The van der Waals surface area contributed by atoms with Gasteiger partial charge in [-0.2, -0.15) is 0 Å². The van der Waals surface area contributed by atoms with E-state index < -0.39 is 0 Å². The Balaban J connectivity index is 1.98. The molecule has 1 aliphatic heterocycles. The maximum absolute atomic E-state index is 12.3. The summed E-state index contributed by atoms with van der Waals surface area (Å²) < 4.78 is 0. The van der Waals surface area contributed by atoms with Gasteiger partial charge in [0.1, 0.15) is 0 Å². The van der Waals surface area contributed by atoms with Crippen molar-refractivity contribution in [1.82, 2.24) is 10.6 Å². The van der Waals surface area contributed by atoms with Crippen LogP contribution < -0.4 is 20.4 Å². The van der Waals surface area contributed by atoms with Crippen LogP contribution in [0.5, 0.6) is 0 Å². The zero-order valence-electron chi connectivity index (χ0n) is 15.3. The van der Waals surface area contributed by atoms with Crippen LogP contribution in [0.3, 0.4) is 0 Å². The van der Waals surface area contributed by atoms with Gasteiger partial charge in [-0.1, -0.05) is 0 Å². The molecular formula is C19H28N4O2. The second-order valence-corrected chi connectivity index (χ2v) is 7.09. The molecule has 25 heavy (non-hydrogen) atoms. The largest absolute Gasteiger partial charge is 0.371 e. The number of benzene rings is 1. The smallest absolute Gasteiger partial charge is 0.253 e. The first-order valence-electron chi connectivity index (χ1n) is 9.09. The van der Waals surface area contributed by atoms with E-state index in [9.17, 15) is 9.59 Å². The Kier molecular flexibility index (Phi) is 5.27. The lowest BCUT2D eigenvalue weighted by Gasteiger charge is -2.28. The fourth-order valence-corrected chi connectivity index (χ4v) is 3.86. The zero-order valence-corrected chi connectivity index (χ0v) is 15.3. The maximum atomic E-state index is 12.3. The van der Waals surface area contributed by atoms with Gasteiger partial charge >= 0.3 is 0 Å². The third-order valence-electron chi connectivity index (χ3n) is 5.31. The topological polar surface area (TPSA) is 64.7 Å². The van der Waals surface area contributed by atoms with E-state index in [1.807, 2.05) is 26.1 Å². The molecule has 1 atom stereocenters. The number of rotatable bonds is 7. The van der Waals surface area contributed by atoms with Gasteiger partial charge < -0.3 is 20.4 Å². The first kappa shape index (κ1) is 17.7. The third-order valence-corrected chi connectivity index (χ3v) is 5.31. The van der Waals surface area contributed by atoms with E-state index in [0.29, 0.717) is 11.5 Å². The molecule has 1 aromatic carbocycles. The molecule has 1 aromatic rings. The van der Waals surface area contributed by atoms with Crippen molar-refractivity contribution < 1.29 is 9.59 Å². The van der Waals surface area contributed by atoms with Crippen molar-refractivity contribution in [2.24, 2.45) is 5.92 Å². The lowest BCUT2D eigenvalue weighted by molar-refractivity contribution is -0.107. The third kappa shape index (κ3) is 3.49. The Hall–Kier alpha value is -2.08. The van der Waals surface area contributed by atoms with Gasteiger partial charge in [0, 0.05) is 31.9 Å². The van der Waals surface area contributed by atoms with E-state index in [1.165, 1.54) is 0 Å². The quantitative estimate of drug-likeness (QED) is 0.736. The second-order valence-electron chi connectivity index (χ2n) is 7.09. The van der Waals surface area contributed by atoms with Gasteiger partial charge in [0.05, 0.1) is 11.3 Å². The van der Waals surface area contributed by atoms with Crippen LogP contribution in [0.4, 0.5) is 11.4 Å². The summed E-state index contributed by atoms with van der Waals surface area (Å²) in [5.41, 5.74) is 3.50. The summed E-state index contributed by atoms with van der Waals surface area (Å²) in [5.74, 6) is 0.490. The monoisotopic (exact) mass is 344 g/mol. The molecule has 0 aromatic heterocycles. The molecule has 0 spiro atoms. The van der Waals surface area contributed by atoms with Gasteiger partial charge in [-0.3, -0.25) is 9.59 Å². The number of hydrogen-bond acceptors (Lipinski definition) is 4. The van der Waals surface area contributed by atoms with Crippen LogP contribution >= 0.6 is 0 Å². The highest BCUT2D eigenvalue weighted by atomic mass is 16.2. The highest BCUT2D eigenvalue weighted by Crippen LogP contribution is 2.39. The van der Waals surface area contributed by atoms with Crippen molar-refractivity contribution in [3.63, 3.8) is 0 Å². The number of carbonyl (C=O) groups is 2. The first-order valence-corrected chi connectivity index (χ1v) is 9.09. The van der Waals surface area contributed by atoms with Crippen LogP contribution in [-0.2, 0) is 4.79 Å². The average Bonchev–Trinajstić information content (AvgIpc) is 3.35. The van der Waals surface area contributed by atoms with Crippen molar-refractivity contribution >= 4 is 23.7 Å².